The van der Waals surface area contributed by atoms with Gasteiger partial charge < -0.3 is 14.5 Å². The molecule has 3 aliphatic rings. The van der Waals surface area contributed by atoms with Crippen molar-refractivity contribution in [2.45, 2.75) is 32.4 Å². The average molecular weight is 288 g/mol. The maximum Gasteiger partial charge on any atom is 0.171 e. The van der Waals surface area contributed by atoms with Gasteiger partial charge in [0, 0.05) is 44.8 Å². The molecule has 2 fully saturated rings. The molecule has 5 heteroatoms. The summed E-state index contributed by atoms with van der Waals surface area (Å²) >= 11 is 0. The summed E-state index contributed by atoms with van der Waals surface area (Å²) in [6, 6.07) is 3.22. The third kappa shape index (κ3) is 2.24. The fourth-order valence-electron chi connectivity index (χ4n) is 3.45. The molecule has 0 radical (unpaired) electrons. The first-order valence-electron chi connectivity index (χ1n) is 8.11. The minimum Gasteiger partial charge on any atom is -0.487 e. The van der Waals surface area contributed by atoms with E-state index in [2.05, 4.69) is 34.6 Å². The molecule has 0 amide bonds. The van der Waals surface area contributed by atoms with E-state index in [1.165, 1.54) is 12.1 Å². The van der Waals surface area contributed by atoms with Gasteiger partial charge in [0.25, 0.3) is 0 Å². The molecular weight excluding hydrogens is 264 g/mol. The second-order valence-corrected chi connectivity index (χ2v) is 6.60. The van der Waals surface area contributed by atoms with Crippen molar-refractivity contribution in [1.29, 1.82) is 0 Å². The number of hydrogen-bond acceptors (Lipinski definition) is 5. The van der Waals surface area contributed by atoms with Gasteiger partial charge in [-0.2, -0.15) is 0 Å². The third-order valence-electron chi connectivity index (χ3n) is 4.99. The van der Waals surface area contributed by atoms with Crippen LogP contribution in [0.3, 0.4) is 0 Å². The Balaban J connectivity index is 1.56. The van der Waals surface area contributed by atoms with Crippen LogP contribution in [-0.2, 0) is 0 Å². The first kappa shape index (κ1) is 13.2. The van der Waals surface area contributed by atoms with Gasteiger partial charge in [-0.25, -0.2) is 4.98 Å². The Bertz CT molecular complexity index is 529. The monoisotopic (exact) mass is 288 g/mol. The molecule has 3 aliphatic heterocycles. The van der Waals surface area contributed by atoms with Crippen LogP contribution in [0, 0.1) is 0 Å². The van der Waals surface area contributed by atoms with Gasteiger partial charge in [-0.15, -0.1) is 0 Å². The van der Waals surface area contributed by atoms with Crippen molar-refractivity contribution in [3.05, 3.63) is 12.3 Å². The number of fused-ring (bicyclic) bond motifs is 3. The summed E-state index contributed by atoms with van der Waals surface area (Å²) in [4.78, 5) is 12.1. The van der Waals surface area contributed by atoms with Crippen molar-refractivity contribution in [3.63, 3.8) is 0 Å². The van der Waals surface area contributed by atoms with E-state index in [-0.39, 0.29) is 0 Å². The number of anilines is 2. The summed E-state index contributed by atoms with van der Waals surface area (Å²) in [7, 11) is 0. The lowest BCUT2D eigenvalue weighted by Gasteiger charge is -2.46. The smallest absolute Gasteiger partial charge is 0.171 e. The molecule has 0 aromatic carbocycles. The largest absolute Gasteiger partial charge is 0.487 e. The molecule has 1 aromatic rings. The van der Waals surface area contributed by atoms with E-state index in [4.69, 9.17) is 9.72 Å². The molecule has 0 saturated carbocycles. The van der Waals surface area contributed by atoms with Gasteiger partial charge in [-0.05, 0) is 20.3 Å². The molecule has 0 aliphatic carbocycles. The predicted octanol–water partition coefficient (Wildman–Crippen LogP) is 1.58. The molecule has 0 bridgehead atoms. The Morgan fingerprint density at radius 3 is 2.81 bits per heavy atom. The van der Waals surface area contributed by atoms with Crippen molar-refractivity contribution >= 4 is 11.5 Å². The van der Waals surface area contributed by atoms with Gasteiger partial charge >= 0.3 is 0 Å². The van der Waals surface area contributed by atoms with Crippen molar-refractivity contribution in [3.8, 4) is 5.75 Å². The number of rotatable bonds is 2. The van der Waals surface area contributed by atoms with Crippen LogP contribution in [0.2, 0.25) is 0 Å². The Morgan fingerprint density at radius 1 is 1.24 bits per heavy atom. The molecule has 21 heavy (non-hydrogen) atoms. The summed E-state index contributed by atoms with van der Waals surface area (Å²) in [5.74, 6) is 2.01. The summed E-state index contributed by atoms with van der Waals surface area (Å²) in [5.41, 5.74) is 1.21. The van der Waals surface area contributed by atoms with Crippen LogP contribution in [-0.4, -0.2) is 61.3 Å². The Labute approximate surface area is 126 Å². The van der Waals surface area contributed by atoms with E-state index in [1.54, 1.807) is 0 Å². The number of aromatic nitrogens is 1. The van der Waals surface area contributed by atoms with E-state index in [0.717, 1.165) is 50.9 Å². The van der Waals surface area contributed by atoms with Crippen LogP contribution in [0.25, 0.3) is 0 Å². The number of pyridine rings is 1. The van der Waals surface area contributed by atoms with Gasteiger partial charge in [-0.3, -0.25) is 4.90 Å². The normalized spacial score (nSPS) is 25.2. The minimum absolute atomic E-state index is 0.441. The Morgan fingerprint density at radius 2 is 2.10 bits per heavy atom. The Kier molecular flexibility index (Phi) is 3.17. The molecule has 5 nitrogen and oxygen atoms in total. The van der Waals surface area contributed by atoms with E-state index in [0.29, 0.717) is 12.1 Å². The van der Waals surface area contributed by atoms with Crippen LogP contribution in [0.15, 0.2) is 12.3 Å². The van der Waals surface area contributed by atoms with Crippen LogP contribution in [0.5, 0.6) is 5.75 Å². The van der Waals surface area contributed by atoms with Crippen molar-refractivity contribution in [1.82, 2.24) is 9.88 Å². The van der Waals surface area contributed by atoms with E-state index in [1.807, 2.05) is 6.20 Å². The van der Waals surface area contributed by atoms with Crippen LogP contribution >= 0.6 is 0 Å². The summed E-state index contributed by atoms with van der Waals surface area (Å²) < 4.78 is 6.02. The molecule has 0 N–H and O–H groups in total. The highest BCUT2D eigenvalue weighted by Gasteiger charge is 2.34. The molecule has 4 heterocycles. The topological polar surface area (TPSA) is 31.8 Å². The number of nitrogens with zero attached hydrogens (tertiary/aromatic N) is 4. The molecule has 2 saturated heterocycles. The summed E-state index contributed by atoms with van der Waals surface area (Å²) in [6.07, 6.45) is 3.30. The predicted molar refractivity (Wildman–Crippen MR) is 84.4 cm³/mol. The third-order valence-corrected chi connectivity index (χ3v) is 4.99. The molecule has 4 rings (SSSR count). The highest BCUT2D eigenvalue weighted by atomic mass is 16.5. The van der Waals surface area contributed by atoms with Crippen LogP contribution in [0.4, 0.5) is 11.5 Å². The van der Waals surface area contributed by atoms with E-state index < -0.39 is 0 Å². The average Bonchev–Trinajstić information content (AvgIpc) is 2.44. The molecule has 1 atom stereocenters. The lowest BCUT2D eigenvalue weighted by Crippen LogP contribution is -2.58. The van der Waals surface area contributed by atoms with Gasteiger partial charge in [0.2, 0.25) is 0 Å². The first-order valence-corrected chi connectivity index (χ1v) is 8.11. The Hall–Kier alpha value is -1.49. The maximum atomic E-state index is 6.02. The highest BCUT2D eigenvalue weighted by molar-refractivity contribution is 5.62. The van der Waals surface area contributed by atoms with Crippen molar-refractivity contribution in [2.75, 3.05) is 49.1 Å². The molecular formula is C16H24N4O. The number of ether oxygens (including phenoxy) is 1. The second-order valence-electron chi connectivity index (χ2n) is 6.60. The summed E-state index contributed by atoms with van der Waals surface area (Å²) in [5, 5.41) is 0. The van der Waals surface area contributed by atoms with Crippen LogP contribution < -0.4 is 14.5 Å². The quantitative estimate of drug-likeness (QED) is 0.825. The molecule has 0 spiro atoms. The SMILES string of the molecule is CC(C)N1CCN2c3ncc(N4CCC4)cc3OC[C@@H]2C1. The zero-order chi connectivity index (χ0) is 14.4. The van der Waals surface area contributed by atoms with E-state index in [9.17, 15) is 0 Å². The fourth-order valence-corrected chi connectivity index (χ4v) is 3.45. The minimum atomic E-state index is 0.441. The zero-order valence-corrected chi connectivity index (χ0v) is 13.0. The lowest BCUT2D eigenvalue weighted by molar-refractivity contribution is 0.140. The fraction of sp³-hybridized carbons (Fsp3) is 0.688. The van der Waals surface area contributed by atoms with Crippen molar-refractivity contribution in [2.24, 2.45) is 0 Å². The van der Waals surface area contributed by atoms with Crippen molar-refractivity contribution < 1.29 is 4.74 Å². The van der Waals surface area contributed by atoms with Gasteiger partial charge in [0.05, 0.1) is 17.9 Å². The zero-order valence-electron chi connectivity index (χ0n) is 13.0. The number of piperazine rings is 1. The highest BCUT2D eigenvalue weighted by Crippen LogP contribution is 2.36. The summed E-state index contributed by atoms with van der Waals surface area (Å²) in [6.45, 7) is 10.9. The second kappa shape index (κ2) is 5.05. The molecule has 1 aromatic heterocycles. The first-order chi connectivity index (χ1) is 10.2. The molecule has 0 unspecified atom stereocenters. The van der Waals surface area contributed by atoms with Gasteiger partial charge in [0.1, 0.15) is 6.61 Å². The maximum absolute atomic E-state index is 6.02. The number of hydrogen-bond donors (Lipinski definition) is 0. The molecule has 114 valence electrons. The lowest BCUT2D eigenvalue weighted by atomic mass is 10.1. The van der Waals surface area contributed by atoms with Crippen LogP contribution in [0.1, 0.15) is 20.3 Å². The van der Waals surface area contributed by atoms with Gasteiger partial charge in [-0.1, -0.05) is 0 Å². The standard InChI is InChI=1S/C16H24N4O/c1-12(2)19-6-7-20-14(10-19)11-21-15-8-13(9-17-16(15)20)18-4-3-5-18/h8-9,12,14H,3-7,10-11H2,1-2H3/t14-/m0/s1. The van der Waals surface area contributed by atoms with E-state index >= 15 is 0 Å². The van der Waals surface area contributed by atoms with Gasteiger partial charge in [0.15, 0.2) is 11.6 Å².